The van der Waals surface area contributed by atoms with Crippen LogP contribution >= 0.6 is 11.6 Å². The summed E-state index contributed by atoms with van der Waals surface area (Å²) < 4.78 is 10.0. The van der Waals surface area contributed by atoms with Gasteiger partial charge in [0.25, 0.3) is 5.91 Å². The van der Waals surface area contributed by atoms with Crippen molar-refractivity contribution in [2.75, 3.05) is 13.7 Å². The van der Waals surface area contributed by atoms with Gasteiger partial charge in [0.1, 0.15) is 0 Å². The Morgan fingerprint density at radius 1 is 1.12 bits per heavy atom. The zero-order chi connectivity index (χ0) is 17.4. The number of methoxy groups -OCH3 is 1. The fourth-order valence-electron chi connectivity index (χ4n) is 2.06. The van der Waals surface area contributed by atoms with Crippen LogP contribution in [0, 0.1) is 0 Å². The number of nitrogens with one attached hydrogen (secondary N) is 1. The Kier molecular flexibility index (Phi) is 6.78. The lowest BCUT2D eigenvalue weighted by atomic mass is 10.1. The van der Waals surface area contributed by atoms with Gasteiger partial charge in [-0.3, -0.25) is 4.79 Å². The highest BCUT2D eigenvalue weighted by molar-refractivity contribution is 6.31. The van der Waals surface area contributed by atoms with Crippen molar-refractivity contribution in [3.63, 3.8) is 0 Å². The molecule has 5 nitrogen and oxygen atoms in total. The monoisotopic (exact) mass is 347 g/mol. The van der Waals surface area contributed by atoms with Crippen LogP contribution in [-0.4, -0.2) is 25.6 Å². The molecule has 1 amide bonds. The normalized spacial score (nSPS) is 10.2. The van der Waals surface area contributed by atoms with E-state index < -0.39 is 11.9 Å². The average Bonchev–Trinajstić information content (AvgIpc) is 2.59. The summed E-state index contributed by atoms with van der Waals surface area (Å²) in [6.07, 6.45) is 0. The zero-order valence-electron chi connectivity index (χ0n) is 13.3. The summed E-state index contributed by atoms with van der Waals surface area (Å²) in [4.78, 5) is 23.8. The van der Waals surface area contributed by atoms with E-state index in [1.807, 2.05) is 24.3 Å². The van der Waals surface area contributed by atoms with Crippen molar-refractivity contribution in [3.05, 3.63) is 70.2 Å². The van der Waals surface area contributed by atoms with E-state index in [1.54, 1.807) is 31.4 Å². The van der Waals surface area contributed by atoms with Crippen LogP contribution in [0.25, 0.3) is 0 Å². The third-order valence-corrected chi connectivity index (χ3v) is 3.61. The molecule has 0 aliphatic heterocycles. The van der Waals surface area contributed by atoms with Crippen LogP contribution in [-0.2, 0) is 27.4 Å². The predicted octanol–water partition coefficient (Wildman–Crippen LogP) is 2.96. The van der Waals surface area contributed by atoms with Gasteiger partial charge in [-0.15, -0.1) is 0 Å². The van der Waals surface area contributed by atoms with Crippen molar-refractivity contribution in [2.45, 2.75) is 13.2 Å². The number of amides is 1. The van der Waals surface area contributed by atoms with Crippen LogP contribution in [0.5, 0.6) is 0 Å². The minimum absolute atomic E-state index is 0.277. The lowest BCUT2D eigenvalue weighted by molar-refractivity contribution is -0.124. The number of benzene rings is 2. The van der Waals surface area contributed by atoms with Gasteiger partial charge in [0.15, 0.2) is 6.61 Å². The van der Waals surface area contributed by atoms with E-state index in [4.69, 9.17) is 21.1 Å². The second-order valence-corrected chi connectivity index (χ2v) is 5.48. The molecule has 0 fully saturated rings. The number of hydrogen-bond donors (Lipinski definition) is 1. The van der Waals surface area contributed by atoms with Crippen LogP contribution in [0.2, 0.25) is 5.02 Å². The summed E-state index contributed by atoms with van der Waals surface area (Å²) >= 11 is 6.01. The molecule has 24 heavy (non-hydrogen) atoms. The van der Waals surface area contributed by atoms with Crippen molar-refractivity contribution < 1.29 is 19.1 Å². The van der Waals surface area contributed by atoms with Gasteiger partial charge in [-0.1, -0.05) is 41.9 Å². The third kappa shape index (κ3) is 5.37. The Morgan fingerprint density at radius 3 is 2.67 bits per heavy atom. The largest absolute Gasteiger partial charge is 0.452 e. The number of ether oxygens (including phenoxy) is 2. The first-order valence-corrected chi connectivity index (χ1v) is 7.73. The maximum Gasteiger partial charge on any atom is 0.338 e. The van der Waals surface area contributed by atoms with Crippen molar-refractivity contribution in [1.82, 2.24) is 5.32 Å². The quantitative estimate of drug-likeness (QED) is 0.782. The topological polar surface area (TPSA) is 64.6 Å². The van der Waals surface area contributed by atoms with E-state index >= 15 is 0 Å². The fourth-order valence-corrected chi connectivity index (χ4v) is 2.26. The minimum Gasteiger partial charge on any atom is -0.452 e. The molecular weight excluding hydrogens is 330 g/mol. The zero-order valence-corrected chi connectivity index (χ0v) is 14.0. The van der Waals surface area contributed by atoms with Gasteiger partial charge in [-0.25, -0.2) is 4.79 Å². The summed E-state index contributed by atoms with van der Waals surface area (Å²) in [6.45, 7) is 0.330. The van der Waals surface area contributed by atoms with Gasteiger partial charge in [-0.2, -0.15) is 0 Å². The number of hydrogen-bond acceptors (Lipinski definition) is 4. The molecule has 0 spiro atoms. The molecule has 126 valence electrons. The van der Waals surface area contributed by atoms with Crippen LogP contribution in [0.15, 0.2) is 48.5 Å². The number of rotatable bonds is 7. The van der Waals surface area contributed by atoms with Gasteiger partial charge in [0.05, 0.1) is 12.2 Å². The highest BCUT2D eigenvalue weighted by atomic mass is 35.5. The molecule has 6 heteroatoms. The van der Waals surface area contributed by atoms with Crippen LogP contribution < -0.4 is 5.32 Å². The molecule has 2 aromatic rings. The molecule has 0 saturated heterocycles. The summed E-state index contributed by atoms with van der Waals surface area (Å²) in [5.41, 5.74) is 2.03. The van der Waals surface area contributed by atoms with Gasteiger partial charge in [0.2, 0.25) is 0 Å². The maximum absolute atomic E-state index is 12.0. The van der Waals surface area contributed by atoms with E-state index in [9.17, 15) is 9.59 Å². The molecular formula is C18H18ClNO4. The van der Waals surface area contributed by atoms with Crippen molar-refractivity contribution in [1.29, 1.82) is 0 Å². The van der Waals surface area contributed by atoms with E-state index in [-0.39, 0.29) is 13.2 Å². The standard InChI is InChI=1S/C18H18ClNO4/c1-23-11-13-5-4-7-14(9-13)18(22)24-12-17(21)20-10-15-6-2-3-8-16(15)19/h2-9H,10-12H2,1H3,(H,20,21). The van der Waals surface area contributed by atoms with E-state index in [0.717, 1.165) is 11.1 Å². The number of halogens is 1. The van der Waals surface area contributed by atoms with Gasteiger partial charge >= 0.3 is 5.97 Å². The molecule has 0 heterocycles. The summed E-state index contributed by atoms with van der Waals surface area (Å²) in [5, 5.41) is 3.23. The molecule has 1 N–H and O–H groups in total. The number of carbonyl (C=O) groups excluding carboxylic acids is 2. The lowest BCUT2D eigenvalue weighted by Crippen LogP contribution is -2.28. The molecule has 0 aliphatic carbocycles. The first-order chi connectivity index (χ1) is 11.6. The highest BCUT2D eigenvalue weighted by Crippen LogP contribution is 2.14. The predicted molar refractivity (Wildman–Crippen MR) is 90.7 cm³/mol. The highest BCUT2D eigenvalue weighted by Gasteiger charge is 2.11. The molecule has 0 unspecified atom stereocenters. The molecule has 0 saturated carbocycles. The molecule has 0 aromatic heterocycles. The summed E-state index contributed by atoms with van der Waals surface area (Å²) in [5.74, 6) is -0.947. The smallest absolute Gasteiger partial charge is 0.338 e. The average molecular weight is 348 g/mol. The maximum atomic E-state index is 12.0. The first kappa shape index (κ1) is 18.0. The van der Waals surface area contributed by atoms with Crippen molar-refractivity contribution in [3.8, 4) is 0 Å². The minimum atomic E-state index is -0.555. The summed E-state index contributed by atoms with van der Waals surface area (Å²) in [6, 6.07) is 14.1. The molecule has 2 rings (SSSR count). The molecule has 0 bridgehead atoms. The van der Waals surface area contributed by atoms with Crippen molar-refractivity contribution in [2.24, 2.45) is 0 Å². The molecule has 0 aliphatic rings. The van der Waals surface area contributed by atoms with Gasteiger partial charge < -0.3 is 14.8 Å². The lowest BCUT2D eigenvalue weighted by Gasteiger charge is -2.08. The van der Waals surface area contributed by atoms with E-state index in [2.05, 4.69) is 5.32 Å². The van der Waals surface area contributed by atoms with Gasteiger partial charge in [0, 0.05) is 18.7 Å². The number of carbonyl (C=O) groups is 2. The van der Waals surface area contributed by atoms with E-state index in [0.29, 0.717) is 17.2 Å². The van der Waals surface area contributed by atoms with Crippen LogP contribution in [0.4, 0.5) is 0 Å². The second kappa shape index (κ2) is 9.05. The Balaban J connectivity index is 1.82. The fraction of sp³-hybridized carbons (Fsp3) is 0.222. The van der Waals surface area contributed by atoms with Crippen LogP contribution in [0.3, 0.4) is 0 Å². The molecule has 2 aromatic carbocycles. The Labute approximate surface area is 145 Å². The Bertz CT molecular complexity index is 718. The second-order valence-electron chi connectivity index (χ2n) is 5.08. The Hall–Kier alpha value is -2.37. The molecule has 0 atom stereocenters. The van der Waals surface area contributed by atoms with Crippen LogP contribution in [0.1, 0.15) is 21.5 Å². The number of esters is 1. The van der Waals surface area contributed by atoms with Gasteiger partial charge in [-0.05, 0) is 29.3 Å². The first-order valence-electron chi connectivity index (χ1n) is 7.35. The van der Waals surface area contributed by atoms with Crippen molar-refractivity contribution >= 4 is 23.5 Å². The Morgan fingerprint density at radius 2 is 1.92 bits per heavy atom. The van der Waals surface area contributed by atoms with E-state index in [1.165, 1.54) is 0 Å². The molecule has 0 radical (unpaired) electrons. The SMILES string of the molecule is COCc1cccc(C(=O)OCC(=O)NCc2ccccc2Cl)c1. The third-order valence-electron chi connectivity index (χ3n) is 3.24. The summed E-state index contributed by atoms with van der Waals surface area (Å²) in [7, 11) is 1.58.